The second-order valence-electron chi connectivity index (χ2n) is 9.52. The highest BCUT2D eigenvalue weighted by Crippen LogP contribution is 2.30. The fourth-order valence-electron chi connectivity index (χ4n) is 4.39. The monoisotopic (exact) mass is 494 g/mol. The first-order chi connectivity index (χ1) is 17.4. The number of carbonyl (C=O) groups is 3. The molecule has 1 saturated heterocycles. The molecule has 0 bridgehead atoms. The number of esters is 1. The number of carbonyl (C=O) groups excluding carboxylic acids is 3. The van der Waals surface area contributed by atoms with Crippen molar-refractivity contribution in [2.24, 2.45) is 5.92 Å². The lowest BCUT2D eigenvalue weighted by atomic mass is 10.0. The first-order valence-electron chi connectivity index (χ1n) is 12.5. The van der Waals surface area contributed by atoms with Crippen molar-refractivity contribution < 1.29 is 24.2 Å². The summed E-state index contributed by atoms with van der Waals surface area (Å²) < 4.78 is 4.97. The first-order valence-corrected chi connectivity index (χ1v) is 12.5. The topological polar surface area (TPSA) is 120 Å². The molecule has 4 rings (SSSR count). The van der Waals surface area contributed by atoms with Crippen molar-refractivity contribution in [3.05, 3.63) is 59.7 Å². The molecule has 1 aliphatic heterocycles. The minimum Gasteiger partial charge on any atom is -0.508 e. The zero-order valence-electron chi connectivity index (χ0n) is 20.5. The van der Waals surface area contributed by atoms with E-state index in [4.69, 9.17) is 4.74 Å². The maximum absolute atomic E-state index is 13.2. The molecule has 1 aliphatic carbocycles. The molecule has 1 saturated carbocycles. The molecule has 0 radical (unpaired) electrons. The number of hydrogen-bond acceptors (Lipinski definition) is 6. The standard InChI is InChI=1S/C27H34N4O5/c1-2-36-26(34)20-7-9-21(10-8-20)29-27(35)30-24(15-18-5-11-23(32)12-6-18)25(33)28-22-13-14-31(17-22)16-19-3-4-19/h5-12,19,22,24,32H,2-4,13-17H2,1H3,(H,28,33)(H2,29,30,35)/t22?,24-/m0/s1. The average molecular weight is 495 g/mol. The average Bonchev–Trinajstić information content (AvgIpc) is 3.57. The number of urea groups is 1. The van der Waals surface area contributed by atoms with Crippen LogP contribution in [0.15, 0.2) is 48.5 Å². The number of likely N-dealkylation sites (tertiary alicyclic amines) is 1. The van der Waals surface area contributed by atoms with Crippen molar-refractivity contribution in [2.75, 3.05) is 31.6 Å². The van der Waals surface area contributed by atoms with Gasteiger partial charge in [-0.1, -0.05) is 12.1 Å². The van der Waals surface area contributed by atoms with Gasteiger partial charge >= 0.3 is 12.0 Å². The Morgan fingerprint density at radius 3 is 2.44 bits per heavy atom. The highest BCUT2D eigenvalue weighted by Gasteiger charge is 2.31. The highest BCUT2D eigenvalue weighted by molar-refractivity contribution is 5.95. The quantitative estimate of drug-likeness (QED) is 0.377. The number of nitrogens with one attached hydrogen (secondary N) is 3. The van der Waals surface area contributed by atoms with E-state index in [0.29, 0.717) is 11.3 Å². The number of anilines is 1. The molecule has 1 heterocycles. The lowest BCUT2D eigenvalue weighted by Crippen LogP contribution is -2.52. The largest absolute Gasteiger partial charge is 0.508 e. The predicted molar refractivity (Wildman–Crippen MR) is 136 cm³/mol. The summed E-state index contributed by atoms with van der Waals surface area (Å²) in [6.45, 7) is 4.91. The molecular weight excluding hydrogens is 460 g/mol. The van der Waals surface area contributed by atoms with E-state index in [1.807, 2.05) is 0 Å². The normalized spacial score (nSPS) is 18.3. The number of phenolic OH excluding ortho intramolecular Hbond substituents is 1. The van der Waals surface area contributed by atoms with E-state index in [1.165, 1.54) is 12.8 Å². The Hall–Kier alpha value is -3.59. The Bertz CT molecular complexity index is 1050. The van der Waals surface area contributed by atoms with Gasteiger partial charge in [-0.15, -0.1) is 0 Å². The van der Waals surface area contributed by atoms with Gasteiger partial charge in [0.25, 0.3) is 0 Å². The van der Waals surface area contributed by atoms with Crippen LogP contribution < -0.4 is 16.0 Å². The van der Waals surface area contributed by atoms with Crippen LogP contribution in [0.5, 0.6) is 5.75 Å². The number of hydrogen-bond donors (Lipinski definition) is 4. The fraction of sp³-hybridized carbons (Fsp3) is 0.444. The van der Waals surface area contributed by atoms with E-state index < -0.39 is 18.0 Å². The van der Waals surface area contributed by atoms with Gasteiger partial charge in [0.05, 0.1) is 12.2 Å². The van der Waals surface area contributed by atoms with Crippen LogP contribution >= 0.6 is 0 Å². The van der Waals surface area contributed by atoms with E-state index in [-0.39, 0.29) is 30.7 Å². The second kappa shape index (κ2) is 11.9. The number of benzene rings is 2. The Balaban J connectivity index is 1.36. The molecule has 1 unspecified atom stereocenters. The van der Waals surface area contributed by atoms with Crippen molar-refractivity contribution in [1.29, 1.82) is 0 Å². The number of amides is 3. The molecule has 2 aromatic carbocycles. The van der Waals surface area contributed by atoms with E-state index >= 15 is 0 Å². The summed E-state index contributed by atoms with van der Waals surface area (Å²) >= 11 is 0. The van der Waals surface area contributed by atoms with Crippen molar-refractivity contribution >= 4 is 23.6 Å². The summed E-state index contributed by atoms with van der Waals surface area (Å²) in [6, 6.07) is 11.7. The number of rotatable bonds is 10. The fourth-order valence-corrected chi connectivity index (χ4v) is 4.39. The van der Waals surface area contributed by atoms with E-state index in [1.54, 1.807) is 55.5 Å². The summed E-state index contributed by atoms with van der Waals surface area (Å²) in [6.07, 6.45) is 3.77. The molecule has 9 nitrogen and oxygen atoms in total. The number of phenols is 1. The van der Waals surface area contributed by atoms with E-state index in [0.717, 1.165) is 37.5 Å². The molecule has 0 aromatic heterocycles. The van der Waals surface area contributed by atoms with Gasteiger partial charge in [0.2, 0.25) is 5.91 Å². The predicted octanol–water partition coefficient (Wildman–Crippen LogP) is 2.90. The lowest BCUT2D eigenvalue weighted by Gasteiger charge is -2.22. The first kappa shape index (κ1) is 25.5. The van der Waals surface area contributed by atoms with Gasteiger partial charge < -0.3 is 30.7 Å². The van der Waals surface area contributed by atoms with Crippen molar-refractivity contribution in [1.82, 2.24) is 15.5 Å². The van der Waals surface area contributed by atoms with Gasteiger partial charge in [-0.2, -0.15) is 0 Å². The van der Waals surface area contributed by atoms with Crippen LogP contribution in [0.4, 0.5) is 10.5 Å². The lowest BCUT2D eigenvalue weighted by molar-refractivity contribution is -0.123. The molecule has 2 aromatic rings. The smallest absolute Gasteiger partial charge is 0.338 e. The SMILES string of the molecule is CCOC(=O)c1ccc(NC(=O)N[C@@H](Cc2ccc(O)cc2)C(=O)NC2CCN(CC3CC3)C2)cc1. The second-order valence-corrected chi connectivity index (χ2v) is 9.52. The highest BCUT2D eigenvalue weighted by atomic mass is 16.5. The zero-order chi connectivity index (χ0) is 25.5. The Kier molecular flexibility index (Phi) is 8.43. The molecule has 3 amide bonds. The maximum Gasteiger partial charge on any atom is 0.338 e. The molecule has 2 atom stereocenters. The van der Waals surface area contributed by atoms with Crippen LogP contribution in [0.3, 0.4) is 0 Å². The van der Waals surface area contributed by atoms with Crippen LogP contribution in [0.2, 0.25) is 0 Å². The molecule has 9 heteroatoms. The third kappa shape index (κ3) is 7.45. The van der Waals surface area contributed by atoms with E-state index in [9.17, 15) is 19.5 Å². The summed E-state index contributed by atoms with van der Waals surface area (Å²) in [4.78, 5) is 40.2. The van der Waals surface area contributed by atoms with Crippen LogP contribution in [0.25, 0.3) is 0 Å². The Morgan fingerprint density at radius 2 is 1.78 bits per heavy atom. The molecule has 36 heavy (non-hydrogen) atoms. The Morgan fingerprint density at radius 1 is 1.06 bits per heavy atom. The maximum atomic E-state index is 13.2. The molecule has 0 spiro atoms. The summed E-state index contributed by atoms with van der Waals surface area (Å²) in [7, 11) is 0. The molecular formula is C27H34N4O5. The minimum atomic E-state index is -0.800. The number of ether oxygens (including phenoxy) is 1. The molecule has 4 N–H and O–H groups in total. The van der Waals surface area contributed by atoms with E-state index in [2.05, 4.69) is 20.9 Å². The van der Waals surface area contributed by atoms with Crippen LogP contribution in [-0.2, 0) is 16.0 Å². The minimum absolute atomic E-state index is 0.0545. The third-order valence-electron chi connectivity index (χ3n) is 6.48. The molecule has 192 valence electrons. The van der Waals surface area contributed by atoms with Crippen molar-refractivity contribution in [3.63, 3.8) is 0 Å². The van der Waals surface area contributed by atoms with Gasteiger partial charge in [-0.25, -0.2) is 9.59 Å². The van der Waals surface area contributed by atoms with Crippen LogP contribution in [-0.4, -0.2) is 66.2 Å². The van der Waals surface area contributed by atoms with Gasteiger partial charge in [-0.05, 0) is 74.1 Å². The molecule has 2 fully saturated rings. The Labute approximate surface area is 211 Å². The summed E-state index contributed by atoms with van der Waals surface area (Å²) in [5, 5.41) is 18.2. The third-order valence-corrected chi connectivity index (χ3v) is 6.48. The van der Waals surface area contributed by atoms with Gasteiger partial charge in [0.15, 0.2) is 0 Å². The number of aromatic hydroxyl groups is 1. The van der Waals surface area contributed by atoms with Crippen LogP contribution in [0, 0.1) is 5.92 Å². The molecule has 2 aliphatic rings. The van der Waals surface area contributed by atoms with Gasteiger partial charge in [-0.3, -0.25) is 4.79 Å². The zero-order valence-corrected chi connectivity index (χ0v) is 20.5. The van der Waals surface area contributed by atoms with Gasteiger partial charge in [0.1, 0.15) is 11.8 Å². The summed E-state index contributed by atoms with van der Waals surface area (Å²) in [5.41, 5.74) is 1.68. The summed E-state index contributed by atoms with van der Waals surface area (Å²) in [5.74, 6) is 0.271. The van der Waals surface area contributed by atoms with Gasteiger partial charge in [0, 0.05) is 37.8 Å². The van der Waals surface area contributed by atoms with Crippen molar-refractivity contribution in [3.8, 4) is 5.75 Å². The van der Waals surface area contributed by atoms with Crippen LogP contribution in [0.1, 0.15) is 42.1 Å². The number of nitrogens with zero attached hydrogens (tertiary/aromatic N) is 1. The van der Waals surface area contributed by atoms with Crippen molar-refractivity contribution in [2.45, 2.75) is 44.7 Å².